The van der Waals surface area contributed by atoms with Gasteiger partial charge in [0.1, 0.15) is 5.82 Å². The van der Waals surface area contributed by atoms with E-state index in [0.717, 1.165) is 5.56 Å². The molecule has 0 spiro atoms. The minimum atomic E-state index is -0.497. The summed E-state index contributed by atoms with van der Waals surface area (Å²) in [5.74, 6) is 0.377. The van der Waals surface area contributed by atoms with Gasteiger partial charge < -0.3 is 10.2 Å². The Hall–Kier alpha value is -3.39. The molecule has 6 nitrogen and oxygen atoms in total. The molecular formula is C20H15FN4O2S. The van der Waals surface area contributed by atoms with E-state index in [1.54, 1.807) is 47.0 Å². The second-order valence-corrected chi connectivity index (χ2v) is 6.82. The Morgan fingerprint density at radius 1 is 1.07 bits per heavy atom. The molecule has 0 aliphatic carbocycles. The maximum Gasteiger partial charge on any atom is 0.249 e. The molecule has 2 heterocycles. The first kappa shape index (κ1) is 18.0. The normalized spacial score (nSPS) is 10.9. The maximum atomic E-state index is 14.5. The fourth-order valence-electron chi connectivity index (χ4n) is 2.81. The van der Waals surface area contributed by atoms with Crippen LogP contribution in [0, 0.1) is 5.82 Å². The third-order valence-corrected chi connectivity index (χ3v) is 5.09. The van der Waals surface area contributed by atoms with Crippen LogP contribution in [0.5, 0.6) is 0 Å². The van der Waals surface area contributed by atoms with Crippen molar-refractivity contribution >= 4 is 17.7 Å². The first-order valence-corrected chi connectivity index (χ1v) is 9.38. The SMILES string of the molecule is NC(=O)c1ccccc1CSc1nnc(-c2ccco2)n1-c1ccccc1F. The number of carbonyl (C=O) groups excluding carboxylic acids is 1. The molecule has 1 amide bonds. The number of halogens is 1. The lowest BCUT2D eigenvalue weighted by molar-refractivity contribution is 0.0999. The number of nitrogens with two attached hydrogens (primary N) is 1. The third-order valence-electron chi connectivity index (χ3n) is 4.11. The van der Waals surface area contributed by atoms with E-state index < -0.39 is 11.7 Å². The highest BCUT2D eigenvalue weighted by atomic mass is 32.2. The highest BCUT2D eigenvalue weighted by Crippen LogP contribution is 2.31. The molecule has 0 atom stereocenters. The summed E-state index contributed by atoms with van der Waals surface area (Å²) in [6, 6.07) is 16.9. The number of benzene rings is 2. The van der Waals surface area contributed by atoms with Crippen molar-refractivity contribution in [3.05, 3.63) is 83.9 Å². The predicted octanol–water partition coefficient (Wildman–Crippen LogP) is 4.06. The molecule has 2 aromatic carbocycles. The van der Waals surface area contributed by atoms with Gasteiger partial charge in [-0.15, -0.1) is 10.2 Å². The van der Waals surface area contributed by atoms with Gasteiger partial charge in [-0.1, -0.05) is 42.1 Å². The van der Waals surface area contributed by atoms with Gasteiger partial charge in [0.15, 0.2) is 10.9 Å². The van der Waals surface area contributed by atoms with E-state index in [1.165, 1.54) is 24.1 Å². The molecule has 4 rings (SSSR count). The van der Waals surface area contributed by atoms with Crippen LogP contribution < -0.4 is 5.73 Å². The van der Waals surface area contributed by atoms with Crippen molar-refractivity contribution < 1.29 is 13.6 Å². The molecule has 0 unspecified atom stereocenters. The molecule has 0 bridgehead atoms. The number of aromatic nitrogens is 3. The van der Waals surface area contributed by atoms with Crippen molar-refractivity contribution in [2.24, 2.45) is 5.73 Å². The minimum Gasteiger partial charge on any atom is -0.461 e. The zero-order chi connectivity index (χ0) is 19.5. The lowest BCUT2D eigenvalue weighted by Crippen LogP contribution is -2.13. The van der Waals surface area contributed by atoms with Crippen molar-refractivity contribution in [3.8, 4) is 17.3 Å². The van der Waals surface area contributed by atoms with Crippen molar-refractivity contribution in [2.75, 3.05) is 0 Å². The molecule has 8 heteroatoms. The van der Waals surface area contributed by atoms with E-state index in [1.807, 2.05) is 12.1 Å². The van der Waals surface area contributed by atoms with Crippen molar-refractivity contribution in [1.82, 2.24) is 14.8 Å². The number of nitrogens with zero attached hydrogens (tertiary/aromatic N) is 3. The molecule has 0 saturated heterocycles. The summed E-state index contributed by atoms with van der Waals surface area (Å²) in [4.78, 5) is 11.6. The Labute approximate surface area is 164 Å². The van der Waals surface area contributed by atoms with Crippen molar-refractivity contribution in [1.29, 1.82) is 0 Å². The van der Waals surface area contributed by atoms with Gasteiger partial charge in [0, 0.05) is 11.3 Å². The zero-order valence-electron chi connectivity index (χ0n) is 14.6. The van der Waals surface area contributed by atoms with E-state index in [2.05, 4.69) is 10.2 Å². The number of primary amides is 1. The number of thioether (sulfide) groups is 1. The first-order chi connectivity index (χ1) is 13.6. The monoisotopic (exact) mass is 394 g/mol. The largest absolute Gasteiger partial charge is 0.461 e. The van der Waals surface area contributed by atoms with E-state index >= 15 is 0 Å². The van der Waals surface area contributed by atoms with Gasteiger partial charge in [0.2, 0.25) is 11.7 Å². The van der Waals surface area contributed by atoms with Crippen LogP contribution in [0.1, 0.15) is 15.9 Å². The van der Waals surface area contributed by atoms with Crippen LogP contribution in [0.25, 0.3) is 17.3 Å². The van der Waals surface area contributed by atoms with E-state index in [0.29, 0.717) is 33.7 Å². The number of furan rings is 1. The van der Waals surface area contributed by atoms with Crippen LogP contribution in [-0.4, -0.2) is 20.7 Å². The molecule has 0 aliphatic heterocycles. The summed E-state index contributed by atoms with van der Waals surface area (Å²) in [5, 5.41) is 8.87. The number of rotatable bonds is 6. The van der Waals surface area contributed by atoms with Gasteiger partial charge >= 0.3 is 0 Å². The number of hydrogen-bond acceptors (Lipinski definition) is 5. The second kappa shape index (κ2) is 7.69. The topological polar surface area (TPSA) is 86.9 Å². The van der Waals surface area contributed by atoms with Crippen LogP contribution in [0.2, 0.25) is 0 Å². The van der Waals surface area contributed by atoms with Crippen LogP contribution in [0.3, 0.4) is 0 Å². The van der Waals surface area contributed by atoms with E-state index in [4.69, 9.17) is 10.2 Å². The quantitative estimate of drug-likeness (QED) is 0.499. The molecule has 2 N–H and O–H groups in total. The Balaban J connectivity index is 1.74. The number of carbonyl (C=O) groups is 1. The lowest BCUT2D eigenvalue weighted by atomic mass is 10.1. The Morgan fingerprint density at radius 3 is 2.61 bits per heavy atom. The third kappa shape index (κ3) is 3.41. The molecule has 2 aromatic heterocycles. The summed E-state index contributed by atoms with van der Waals surface area (Å²) in [7, 11) is 0. The van der Waals surface area contributed by atoms with Crippen molar-refractivity contribution in [2.45, 2.75) is 10.9 Å². The summed E-state index contributed by atoms with van der Waals surface area (Å²) < 4.78 is 21.5. The van der Waals surface area contributed by atoms with Gasteiger partial charge in [0.05, 0.1) is 12.0 Å². The Morgan fingerprint density at radius 2 is 1.86 bits per heavy atom. The van der Waals surface area contributed by atoms with Gasteiger partial charge in [0.25, 0.3) is 0 Å². The summed E-state index contributed by atoms with van der Waals surface area (Å²) in [6.45, 7) is 0. The first-order valence-electron chi connectivity index (χ1n) is 8.40. The van der Waals surface area contributed by atoms with E-state index in [-0.39, 0.29) is 0 Å². The molecule has 4 aromatic rings. The molecule has 140 valence electrons. The summed E-state index contributed by atoms with van der Waals surface area (Å²) in [6.07, 6.45) is 1.52. The zero-order valence-corrected chi connectivity index (χ0v) is 15.4. The van der Waals surface area contributed by atoms with Gasteiger partial charge in [-0.05, 0) is 35.9 Å². The molecule has 0 saturated carbocycles. The van der Waals surface area contributed by atoms with Crippen LogP contribution in [0.4, 0.5) is 4.39 Å². The highest BCUT2D eigenvalue weighted by Gasteiger charge is 2.20. The lowest BCUT2D eigenvalue weighted by Gasteiger charge is -2.11. The number of para-hydroxylation sites is 1. The van der Waals surface area contributed by atoms with Crippen molar-refractivity contribution in [3.63, 3.8) is 0 Å². The van der Waals surface area contributed by atoms with Gasteiger partial charge in [-0.3, -0.25) is 9.36 Å². The van der Waals surface area contributed by atoms with Crippen LogP contribution in [-0.2, 0) is 5.75 Å². The molecular weight excluding hydrogens is 379 g/mol. The standard InChI is InChI=1S/C20H15FN4O2S/c21-15-8-3-4-9-16(15)25-19(17-10-5-11-27-17)23-24-20(25)28-12-13-6-1-2-7-14(13)18(22)26/h1-11H,12H2,(H2,22,26). The molecule has 0 radical (unpaired) electrons. The fourth-order valence-corrected chi connectivity index (χ4v) is 3.76. The summed E-state index contributed by atoms with van der Waals surface area (Å²) >= 11 is 1.33. The second-order valence-electron chi connectivity index (χ2n) is 5.88. The smallest absolute Gasteiger partial charge is 0.249 e. The van der Waals surface area contributed by atoms with Gasteiger partial charge in [-0.2, -0.15) is 0 Å². The van der Waals surface area contributed by atoms with Crippen LogP contribution in [0.15, 0.2) is 76.5 Å². The predicted molar refractivity (Wildman–Crippen MR) is 104 cm³/mol. The van der Waals surface area contributed by atoms with Gasteiger partial charge in [-0.25, -0.2) is 4.39 Å². The molecule has 28 heavy (non-hydrogen) atoms. The van der Waals surface area contributed by atoms with E-state index in [9.17, 15) is 9.18 Å². The number of hydrogen-bond donors (Lipinski definition) is 1. The average molecular weight is 394 g/mol. The maximum absolute atomic E-state index is 14.5. The minimum absolute atomic E-state index is 0.310. The average Bonchev–Trinajstić information content (AvgIpc) is 3.36. The number of amides is 1. The van der Waals surface area contributed by atoms with Crippen LogP contribution >= 0.6 is 11.8 Å². The Kier molecular flexibility index (Phi) is 4.94. The Bertz CT molecular complexity index is 1120. The highest BCUT2D eigenvalue weighted by molar-refractivity contribution is 7.98. The molecule has 0 fully saturated rings. The fraction of sp³-hybridized carbons (Fsp3) is 0.0500. The summed E-state index contributed by atoms with van der Waals surface area (Å²) in [5.41, 5.74) is 6.97. The molecule has 0 aliphatic rings.